The summed E-state index contributed by atoms with van der Waals surface area (Å²) in [6, 6.07) is 9.27. The molecule has 0 aromatic carbocycles. The van der Waals surface area contributed by atoms with Crippen molar-refractivity contribution in [2.45, 2.75) is 37.8 Å². The number of anilines is 1. The standard InChI is InChI=1S/C24H27N7O/c1-2-17-14-18(15-26-23(17)25-8-1)21-7-9-31-22(21)16-27-24(29-31)28-19-3-5-20(6-4-19)30-10-12-32-13-11-30/h1-2,7-9,14-16,19-20H,3-6,10-13H2,(H,28,29)/t19-,20+. The molecule has 4 aromatic rings. The van der Waals surface area contributed by atoms with E-state index in [4.69, 9.17) is 9.84 Å². The molecular formula is C24H27N7O. The maximum Gasteiger partial charge on any atom is 0.241 e. The molecular weight excluding hydrogens is 402 g/mol. The minimum absolute atomic E-state index is 0.428. The predicted octanol–water partition coefficient (Wildman–Crippen LogP) is 3.39. The fourth-order valence-electron chi connectivity index (χ4n) is 5.03. The van der Waals surface area contributed by atoms with Crippen LogP contribution in [0.5, 0.6) is 0 Å². The van der Waals surface area contributed by atoms with Gasteiger partial charge in [0.15, 0.2) is 5.65 Å². The van der Waals surface area contributed by atoms with Crippen molar-refractivity contribution in [3.63, 3.8) is 0 Å². The first-order chi connectivity index (χ1) is 15.8. The van der Waals surface area contributed by atoms with Crippen LogP contribution in [-0.2, 0) is 4.74 Å². The smallest absolute Gasteiger partial charge is 0.241 e. The first-order valence-corrected chi connectivity index (χ1v) is 11.5. The lowest BCUT2D eigenvalue weighted by Gasteiger charge is -2.38. The largest absolute Gasteiger partial charge is 0.379 e. The van der Waals surface area contributed by atoms with Crippen molar-refractivity contribution in [3.05, 3.63) is 49.1 Å². The maximum absolute atomic E-state index is 5.50. The second kappa shape index (κ2) is 8.44. The van der Waals surface area contributed by atoms with Gasteiger partial charge in [0.05, 0.1) is 24.9 Å². The molecule has 164 valence electrons. The summed E-state index contributed by atoms with van der Waals surface area (Å²) in [7, 11) is 0. The summed E-state index contributed by atoms with van der Waals surface area (Å²) < 4.78 is 7.40. The van der Waals surface area contributed by atoms with Gasteiger partial charge in [-0.25, -0.2) is 19.5 Å². The van der Waals surface area contributed by atoms with Gasteiger partial charge in [0.25, 0.3) is 0 Å². The van der Waals surface area contributed by atoms with E-state index >= 15 is 0 Å². The molecule has 2 aliphatic rings. The third-order valence-corrected chi connectivity index (χ3v) is 6.77. The zero-order valence-electron chi connectivity index (χ0n) is 18.0. The van der Waals surface area contributed by atoms with Crippen molar-refractivity contribution in [2.75, 3.05) is 31.6 Å². The summed E-state index contributed by atoms with van der Waals surface area (Å²) >= 11 is 0. The van der Waals surface area contributed by atoms with E-state index in [1.165, 1.54) is 12.8 Å². The Bertz CT molecular complexity index is 1230. The Morgan fingerprint density at radius 1 is 0.969 bits per heavy atom. The minimum atomic E-state index is 0.428. The molecule has 1 saturated heterocycles. The quantitative estimate of drug-likeness (QED) is 0.533. The van der Waals surface area contributed by atoms with Gasteiger partial charge in [0, 0.05) is 60.3 Å². The number of hydrogen-bond donors (Lipinski definition) is 1. The van der Waals surface area contributed by atoms with Crippen molar-refractivity contribution in [3.8, 4) is 11.1 Å². The Balaban J connectivity index is 1.16. The first-order valence-electron chi connectivity index (χ1n) is 11.5. The van der Waals surface area contributed by atoms with Crippen molar-refractivity contribution in [2.24, 2.45) is 0 Å². The molecule has 0 spiro atoms. The molecule has 6 rings (SSSR count). The number of pyridine rings is 2. The Labute approximate surface area is 186 Å². The average Bonchev–Trinajstić information content (AvgIpc) is 3.28. The van der Waals surface area contributed by atoms with Crippen LogP contribution < -0.4 is 5.32 Å². The molecule has 5 heterocycles. The molecule has 0 radical (unpaired) electrons. The minimum Gasteiger partial charge on any atom is -0.379 e. The first kappa shape index (κ1) is 19.6. The summed E-state index contributed by atoms with van der Waals surface area (Å²) in [5.74, 6) is 0.690. The topological polar surface area (TPSA) is 80.5 Å². The third-order valence-electron chi connectivity index (χ3n) is 6.77. The van der Waals surface area contributed by atoms with Gasteiger partial charge in [-0.3, -0.25) is 4.90 Å². The van der Waals surface area contributed by atoms with E-state index in [0.717, 1.165) is 66.8 Å². The van der Waals surface area contributed by atoms with Crippen LogP contribution in [-0.4, -0.2) is 67.9 Å². The van der Waals surface area contributed by atoms with Crippen LogP contribution in [0, 0.1) is 0 Å². The van der Waals surface area contributed by atoms with Crippen molar-refractivity contribution < 1.29 is 4.74 Å². The lowest BCUT2D eigenvalue weighted by atomic mass is 9.90. The van der Waals surface area contributed by atoms with Gasteiger partial charge in [-0.2, -0.15) is 0 Å². The van der Waals surface area contributed by atoms with Crippen LogP contribution in [0.4, 0.5) is 5.95 Å². The molecule has 0 bridgehead atoms. The molecule has 1 aliphatic heterocycles. The van der Waals surface area contributed by atoms with Crippen LogP contribution >= 0.6 is 0 Å². The fraction of sp³-hybridized carbons (Fsp3) is 0.417. The van der Waals surface area contributed by atoms with Crippen LogP contribution in [0.1, 0.15) is 25.7 Å². The van der Waals surface area contributed by atoms with E-state index in [1.807, 2.05) is 35.2 Å². The normalized spacial score (nSPS) is 22.4. The van der Waals surface area contributed by atoms with Crippen molar-refractivity contribution in [1.29, 1.82) is 0 Å². The van der Waals surface area contributed by atoms with Gasteiger partial charge in [0.2, 0.25) is 5.95 Å². The van der Waals surface area contributed by atoms with Gasteiger partial charge in [-0.1, -0.05) is 0 Å². The summed E-state index contributed by atoms with van der Waals surface area (Å²) in [5.41, 5.74) is 3.84. The molecule has 32 heavy (non-hydrogen) atoms. The number of aromatic nitrogens is 5. The van der Waals surface area contributed by atoms with E-state index in [0.29, 0.717) is 18.0 Å². The summed E-state index contributed by atoms with van der Waals surface area (Å²) in [6.07, 6.45) is 12.3. The molecule has 8 nitrogen and oxygen atoms in total. The second-order valence-electron chi connectivity index (χ2n) is 8.71. The molecule has 1 N–H and O–H groups in total. The number of rotatable bonds is 4. The van der Waals surface area contributed by atoms with Gasteiger partial charge < -0.3 is 10.1 Å². The van der Waals surface area contributed by atoms with Gasteiger partial charge in [-0.05, 0) is 49.9 Å². The second-order valence-corrected chi connectivity index (χ2v) is 8.71. The lowest BCUT2D eigenvalue weighted by Crippen LogP contribution is -2.46. The highest BCUT2D eigenvalue weighted by Gasteiger charge is 2.27. The van der Waals surface area contributed by atoms with Crippen molar-refractivity contribution >= 4 is 22.5 Å². The monoisotopic (exact) mass is 429 g/mol. The van der Waals surface area contributed by atoms with Crippen LogP contribution in [0.15, 0.2) is 49.1 Å². The number of nitrogens with zero attached hydrogens (tertiary/aromatic N) is 6. The molecule has 4 aromatic heterocycles. The number of nitrogens with one attached hydrogen (secondary N) is 1. The highest BCUT2D eigenvalue weighted by molar-refractivity contribution is 5.86. The Morgan fingerprint density at radius 3 is 2.72 bits per heavy atom. The van der Waals surface area contributed by atoms with Crippen LogP contribution in [0.2, 0.25) is 0 Å². The average molecular weight is 430 g/mol. The van der Waals surface area contributed by atoms with E-state index in [2.05, 4.69) is 37.3 Å². The number of ether oxygens (including phenoxy) is 1. The van der Waals surface area contributed by atoms with E-state index in [1.54, 1.807) is 6.20 Å². The van der Waals surface area contributed by atoms with Gasteiger partial charge >= 0.3 is 0 Å². The fourth-order valence-corrected chi connectivity index (χ4v) is 5.03. The van der Waals surface area contributed by atoms with Crippen LogP contribution in [0.3, 0.4) is 0 Å². The number of hydrogen-bond acceptors (Lipinski definition) is 7. The summed E-state index contributed by atoms with van der Waals surface area (Å²) in [6.45, 7) is 3.89. The SMILES string of the molecule is c1cnc2ncc(-c3ccn4nc(N[C@H]5CC[C@@H](N6CCOCC6)CC5)ncc34)cc2c1. The maximum atomic E-state index is 5.50. The number of morpholine rings is 1. The zero-order chi connectivity index (χ0) is 21.3. The Morgan fingerprint density at radius 2 is 1.84 bits per heavy atom. The molecule has 0 atom stereocenters. The van der Waals surface area contributed by atoms with Gasteiger partial charge in [-0.15, -0.1) is 5.10 Å². The Kier molecular flexibility index (Phi) is 5.16. The highest BCUT2D eigenvalue weighted by Crippen LogP contribution is 2.28. The molecule has 2 fully saturated rings. The lowest BCUT2D eigenvalue weighted by molar-refractivity contribution is 0.00790. The Hall–Kier alpha value is -3.10. The number of fused-ring (bicyclic) bond motifs is 2. The van der Waals surface area contributed by atoms with Gasteiger partial charge in [0.1, 0.15) is 0 Å². The summed E-state index contributed by atoms with van der Waals surface area (Å²) in [5, 5.41) is 9.31. The highest BCUT2D eigenvalue weighted by atomic mass is 16.5. The third kappa shape index (κ3) is 3.80. The van der Waals surface area contributed by atoms with E-state index in [9.17, 15) is 0 Å². The van der Waals surface area contributed by atoms with E-state index < -0.39 is 0 Å². The predicted molar refractivity (Wildman–Crippen MR) is 124 cm³/mol. The molecule has 1 saturated carbocycles. The zero-order valence-corrected chi connectivity index (χ0v) is 18.0. The van der Waals surface area contributed by atoms with Crippen molar-refractivity contribution in [1.82, 2.24) is 29.5 Å². The van der Waals surface area contributed by atoms with E-state index in [-0.39, 0.29) is 0 Å². The molecule has 0 amide bonds. The van der Waals surface area contributed by atoms with Crippen LogP contribution in [0.25, 0.3) is 27.7 Å². The molecule has 0 unspecified atom stereocenters. The summed E-state index contributed by atoms with van der Waals surface area (Å²) in [4.78, 5) is 16.0. The molecule has 8 heteroatoms. The molecule has 1 aliphatic carbocycles.